The van der Waals surface area contributed by atoms with E-state index in [2.05, 4.69) is 5.43 Å². The van der Waals surface area contributed by atoms with Gasteiger partial charge in [0.25, 0.3) is 5.91 Å². The van der Waals surface area contributed by atoms with Crippen LogP contribution in [0.25, 0.3) is 6.08 Å². The van der Waals surface area contributed by atoms with E-state index in [1.807, 2.05) is 24.3 Å². The molecule has 4 nitrogen and oxygen atoms in total. The van der Waals surface area contributed by atoms with Crippen molar-refractivity contribution in [1.82, 2.24) is 4.68 Å². The number of aromatic nitrogens is 1. The zero-order valence-corrected chi connectivity index (χ0v) is 9.21. The Balaban J connectivity index is 1.96. The lowest BCUT2D eigenvalue weighted by atomic mass is 10.2. The Bertz CT molecular complexity index is 512. The molecular formula is C13H13N3O. The van der Waals surface area contributed by atoms with E-state index in [1.54, 1.807) is 35.3 Å². The van der Waals surface area contributed by atoms with Gasteiger partial charge in [-0.2, -0.15) is 0 Å². The Morgan fingerprint density at radius 1 is 1.18 bits per heavy atom. The van der Waals surface area contributed by atoms with Crippen LogP contribution in [-0.4, -0.2) is 10.6 Å². The predicted molar refractivity (Wildman–Crippen MR) is 68.7 cm³/mol. The predicted octanol–water partition coefficient (Wildman–Crippen LogP) is 1.85. The number of nitrogens with zero attached hydrogens (tertiary/aromatic N) is 1. The van der Waals surface area contributed by atoms with Gasteiger partial charge in [-0.3, -0.25) is 14.9 Å². The van der Waals surface area contributed by atoms with E-state index in [9.17, 15) is 4.79 Å². The summed E-state index contributed by atoms with van der Waals surface area (Å²) in [5.74, 6) is -0.182. The van der Waals surface area contributed by atoms with Gasteiger partial charge < -0.3 is 5.73 Å². The van der Waals surface area contributed by atoms with Gasteiger partial charge in [-0.1, -0.05) is 12.1 Å². The van der Waals surface area contributed by atoms with Crippen LogP contribution >= 0.6 is 0 Å². The molecule has 0 bridgehead atoms. The lowest BCUT2D eigenvalue weighted by Crippen LogP contribution is -2.18. The summed E-state index contributed by atoms with van der Waals surface area (Å²) in [7, 11) is 0. The molecule has 0 aliphatic carbocycles. The highest BCUT2D eigenvalue weighted by atomic mass is 16.2. The molecule has 0 saturated heterocycles. The van der Waals surface area contributed by atoms with Gasteiger partial charge in [0, 0.05) is 24.2 Å². The molecule has 0 spiro atoms. The number of carbonyl (C=O) groups is 1. The third kappa shape index (κ3) is 3.24. The largest absolute Gasteiger partial charge is 0.399 e. The molecule has 17 heavy (non-hydrogen) atoms. The lowest BCUT2D eigenvalue weighted by molar-refractivity contribution is -0.112. The van der Waals surface area contributed by atoms with Crippen molar-refractivity contribution in [1.29, 1.82) is 0 Å². The molecule has 2 aromatic rings. The third-order valence-electron chi connectivity index (χ3n) is 2.21. The van der Waals surface area contributed by atoms with E-state index in [1.165, 1.54) is 6.08 Å². The summed E-state index contributed by atoms with van der Waals surface area (Å²) >= 11 is 0. The topological polar surface area (TPSA) is 60.1 Å². The number of anilines is 1. The Morgan fingerprint density at radius 2 is 1.82 bits per heavy atom. The number of nitrogen functional groups attached to an aromatic ring is 1. The van der Waals surface area contributed by atoms with Crippen molar-refractivity contribution in [3.8, 4) is 0 Å². The van der Waals surface area contributed by atoms with Crippen LogP contribution in [0.4, 0.5) is 5.69 Å². The molecule has 0 aliphatic heterocycles. The number of carbonyl (C=O) groups excluding carboxylic acids is 1. The minimum atomic E-state index is -0.182. The summed E-state index contributed by atoms with van der Waals surface area (Å²) in [4.78, 5) is 11.5. The molecule has 1 aromatic carbocycles. The quantitative estimate of drug-likeness (QED) is 0.621. The Labute approximate surface area is 99.3 Å². The number of nitrogens with one attached hydrogen (secondary N) is 1. The first-order valence-corrected chi connectivity index (χ1v) is 5.21. The summed E-state index contributed by atoms with van der Waals surface area (Å²) in [6, 6.07) is 11.0. The molecule has 0 aliphatic rings. The molecule has 0 fully saturated rings. The first-order valence-electron chi connectivity index (χ1n) is 5.21. The molecule has 3 N–H and O–H groups in total. The molecule has 1 heterocycles. The zero-order chi connectivity index (χ0) is 12.1. The lowest BCUT2D eigenvalue weighted by Gasteiger charge is -2.01. The van der Waals surface area contributed by atoms with E-state index in [0.717, 1.165) is 5.56 Å². The van der Waals surface area contributed by atoms with Gasteiger partial charge in [0.05, 0.1) is 0 Å². The maximum absolute atomic E-state index is 11.5. The molecular weight excluding hydrogens is 214 g/mol. The molecule has 0 radical (unpaired) electrons. The van der Waals surface area contributed by atoms with Crippen molar-refractivity contribution in [3.05, 3.63) is 60.4 Å². The van der Waals surface area contributed by atoms with E-state index in [-0.39, 0.29) is 5.91 Å². The standard InChI is InChI=1S/C13H13N3O/c14-12-6-3-11(4-7-12)5-8-13(17)15-16-9-1-2-10-16/h1-10H,14H2,(H,15,17)/b8-5+. The van der Waals surface area contributed by atoms with Crippen LogP contribution in [0.3, 0.4) is 0 Å². The van der Waals surface area contributed by atoms with Gasteiger partial charge in [0.1, 0.15) is 0 Å². The van der Waals surface area contributed by atoms with Crippen LogP contribution < -0.4 is 11.2 Å². The average Bonchev–Trinajstić information content (AvgIpc) is 2.81. The number of amides is 1. The second kappa shape index (κ2) is 5.03. The van der Waals surface area contributed by atoms with Crippen molar-refractivity contribution in [2.45, 2.75) is 0 Å². The number of nitrogens with two attached hydrogens (primary N) is 1. The zero-order valence-electron chi connectivity index (χ0n) is 9.21. The van der Waals surface area contributed by atoms with E-state index in [4.69, 9.17) is 5.73 Å². The van der Waals surface area contributed by atoms with Crippen molar-refractivity contribution < 1.29 is 4.79 Å². The first kappa shape index (κ1) is 11.0. The summed E-state index contributed by atoms with van der Waals surface area (Å²) in [5.41, 5.74) is 9.88. The summed E-state index contributed by atoms with van der Waals surface area (Å²) in [5, 5.41) is 0. The van der Waals surface area contributed by atoms with Gasteiger partial charge in [0.2, 0.25) is 0 Å². The molecule has 2 rings (SSSR count). The normalized spacial score (nSPS) is 10.6. The summed E-state index contributed by atoms with van der Waals surface area (Å²) in [6.45, 7) is 0. The van der Waals surface area contributed by atoms with Crippen molar-refractivity contribution in [3.63, 3.8) is 0 Å². The highest BCUT2D eigenvalue weighted by Crippen LogP contribution is 2.06. The van der Waals surface area contributed by atoms with Gasteiger partial charge in [-0.25, -0.2) is 0 Å². The third-order valence-corrected chi connectivity index (χ3v) is 2.21. The molecule has 1 aromatic heterocycles. The van der Waals surface area contributed by atoms with Crippen molar-refractivity contribution in [2.75, 3.05) is 11.2 Å². The number of benzene rings is 1. The number of rotatable bonds is 3. The van der Waals surface area contributed by atoms with E-state index < -0.39 is 0 Å². The monoisotopic (exact) mass is 227 g/mol. The van der Waals surface area contributed by atoms with Gasteiger partial charge >= 0.3 is 0 Å². The maximum atomic E-state index is 11.5. The minimum Gasteiger partial charge on any atom is -0.399 e. The van der Waals surface area contributed by atoms with Crippen LogP contribution in [0, 0.1) is 0 Å². The molecule has 0 saturated carbocycles. The van der Waals surface area contributed by atoms with Gasteiger partial charge in [0.15, 0.2) is 0 Å². The van der Waals surface area contributed by atoms with Crippen molar-refractivity contribution >= 4 is 17.7 Å². The number of hydrogen-bond donors (Lipinski definition) is 2. The van der Waals surface area contributed by atoms with Gasteiger partial charge in [-0.05, 0) is 35.9 Å². The first-order chi connectivity index (χ1) is 8.24. The molecule has 0 unspecified atom stereocenters. The van der Waals surface area contributed by atoms with Crippen LogP contribution in [0.5, 0.6) is 0 Å². The van der Waals surface area contributed by atoms with Crippen molar-refractivity contribution in [2.24, 2.45) is 0 Å². The molecule has 4 heteroatoms. The average molecular weight is 227 g/mol. The summed E-state index contributed by atoms with van der Waals surface area (Å²) < 4.78 is 1.59. The van der Waals surface area contributed by atoms with E-state index in [0.29, 0.717) is 5.69 Å². The Morgan fingerprint density at radius 3 is 2.47 bits per heavy atom. The van der Waals surface area contributed by atoms with Gasteiger partial charge in [-0.15, -0.1) is 0 Å². The fourth-order valence-corrected chi connectivity index (χ4v) is 1.35. The Hall–Kier alpha value is -2.49. The summed E-state index contributed by atoms with van der Waals surface area (Å²) in [6.07, 6.45) is 6.73. The van der Waals surface area contributed by atoms with Crippen LogP contribution in [0.1, 0.15) is 5.56 Å². The number of hydrogen-bond acceptors (Lipinski definition) is 2. The second-order valence-corrected chi connectivity index (χ2v) is 3.57. The smallest absolute Gasteiger partial charge is 0.262 e. The minimum absolute atomic E-state index is 0.182. The van der Waals surface area contributed by atoms with Crippen LogP contribution in [-0.2, 0) is 4.79 Å². The SMILES string of the molecule is Nc1ccc(/C=C/C(=O)Nn2cccc2)cc1. The molecule has 1 amide bonds. The molecule has 0 atom stereocenters. The second-order valence-electron chi connectivity index (χ2n) is 3.57. The fourth-order valence-electron chi connectivity index (χ4n) is 1.35. The van der Waals surface area contributed by atoms with E-state index >= 15 is 0 Å². The maximum Gasteiger partial charge on any atom is 0.262 e. The highest BCUT2D eigenvalue weighted by Gasteiger charge is 1.94. The van der Waals surface area contributed by atoms with Crippen LogP contribution in [0.2, 0.25) is 0 Å². The fraction of sp³-hybridized carbons (Fsp3) is 0. The highest BCUT2D eigenvalue weighted by molar-refractivity contribution is 5.97. The Kier molecular flexibility index (Phi) is 3.25. The molecule has 86 valence electrons. The van der Waals surface area contributed by atoms with Crippen LogP contribution in [0.15, 0.2) is 54.9 Å².